The lowest BCUT2D eigenvalue weighted by molar-refractivity contribution is 0.370. The van der Waals surface area contributed by atoms with Crippen molar-refractivity contribution >= 4 is 0 Å². The summed E-state index contributed by atoms with van der Waals surface area (Å²) in [5.74, 6) is 0.984. The highest BCUT2D eigenvalue weighted by Crippen LogP contribution is 2.29. The molecule has 1 fully saturated rings. The van der Waals surface area contributed by atoms with Gasteiger partial charge < -0.3 is 9.47 Å². The van der Waals surface area contributed by atoms with E-state index in [1.165, 1.54) is 16.7 Å². The second kappa shape index (κ2) is 4.46. The lowest BCUT2D eigenvalue weighted by Gasteiger charge is -2.12. The molecule has 2 nitrogen and oxygen atoms in total. The Labute approximate surface area is 97.6 Å². The molecule has 1 aliphatic heterocycles. The first-order valence-corrected chi connectivity index (χ1v) is 5.92. The monoisotopic (exact) mass is 220 g/mol. The maximum Gasteiger partial charge on any atom is 0.122 e. The Morgan fingerprint density at radius 1 is 1.25 bits per heavy atom. The van der Waals surface area contributed by atoms with Crippen LogP contribution in [0.3, 0.4) is 0 Å². The molecular weight excluding hydrogens is 200 g/mol. The van der Waals surface area contributed by atoms with Crippen molar-refractivity contribution in [2.75, 3.05) is 7.11 Å². The smallest absolute Gasteiger partial charge is 0.122 e. The van der Waals surface area contributed by atoms with Gasteiger partial charge in [0, 0.05) is 0 Å². The highest BCUT2D eigenvalue weighted by Gasteiger charge is 2.33. The first-order valence-electron chi connectivity index (χ1n) is 5.92. The average Bonchev–Trinajstić information content (AvgIpc) is 2.97. The highest BCUT2D eigenvalue weighted by molar-refractivity contribution is 5.43. The van der Waals surface area contributed by atoms with Crippen molar-refractivity contribution in [1.29, 1.82) is 0 Å². The van der Waals surface area contributed by atoms with Crippen LogP contribution in [-0.2, 0) is 11.2 Å². The van der Waals surface area contributed by atoms with Gasteiger partial charge in [-0.3, -0.25) is 0 Å². The van der Waals surface area contributed by atoms with Gasteiger partial charge in [0.2, 0.25) is 0 Å². The van der Waals surface area contributed by atoms with Gasteiger partial charge in [-0.05, 0) is 56.4 Å². The summed E-state index contributed by atoms with van der Waals surface area (Å²) in [5, 5.41) is 0. The summed E-state index contributed by atoms with van der Waals surface area (Å²) in [6.07, 6.45) is 3.20. The summed E-state index contributed by atoms with van der Waals surface area (Å²) < 4.78 is 10.7. The molecule has 1 aliphatic rings. The number of aryl methyl sites for hydroxylation is 1. The predicted octanol–water partition coefficient (Wildman–Crippen LogP) is 3.03. The predicted molar refractivity (Wildman–Crippen MR) is 65.1 cm³/mol. The van der Waals surface area contributed by atoms with Crippen LogP contribution < -0.4 is 4.74 Å². The van der Waals surface area contributed by atoms with E-state index in [1.54, 1.807) is 7.11 Å². The van der Waals surface area contributed by atoms with Crippen molar-refractivity contribution in [1.82, 2.24) is 0 Å². The van der Waals surface area contributed by atoms with Gasteiger partial charge in [0.25, 0.3) is 0 Å². The summed E-state index contributed by atoms with van der Waals surface area (Å²) in [6, 6.07) is 4.24. The molecule has 0 bridgehead atoms. The van der Waals surface area contributed by atoms with Gasteiger partial charge in [-0.15, -0.1) is 0 Å². The molecule has 2 unspecified atom stereocenters. The number of methoxy groups -OCH3 is 1. The number of ether oxygens (including phenoxy) is 2. The van der Waals surface area contributed by atoms with Crippen molar-refractivity contribution in [3.8, 4) is 5.75 Å². The minimum Gasteiger partial charge on any atom is -0.496 e. The molecule has 16 heavy (non-hydrogen) atoms. The molecule has 0 N–H and O–H groups in total. The first-order chi connectivity index (χ1) is 7.63. The van der Waals surface area contributed by atoms with Gasteiger partial charge in [0.05, 0.1) is 19.3 Å². The molecule has 1 saturated heterocycles. The Morgan fingerprint density at radius 3 is 2.50 bits per heavy atom. The van der Waals surface area contributed by atoms with Crippen molar-refractivity contribution in [2.45, 2.75) is 45.8 Å². The molecular formula is C14H20O2. The summed E-state index contributed by atoms with van der Waals surface area (Å²) >= 11 is 0. The fraction of sp³-hybridized carbons (Fsp3) is 0.571. The summed E-state index contributed by atoms with van der Waals surface area (Å²) in [6.45, 7) is 6.43. The topological polar surface area (TPSA) is 21.8 Å². The molecule has 0 amide bonds. The molecule has 1 aromatic rings. The van der Waals surface area contributed by atoms with Gasteiger partial charge in [-0.2, -0.15) is 0 Å². The molecule has 0 aromatic heterocycles. The molecule has 1 aromatic carbocycles. The molecule has 0 saturated carbocycles. The normalized spacial score (nSPS) is 23.2. The molecule has 1 heterocycles. The Kier molecular flexibility index (Phi) is 3.20. The van der Waals surface area contributed by atoms with Crippen LogP contribution in [0.25, 0.3) is 0 Å². The maximum absolute atomic E-state index is 5.43. The van der Waals surface area contributed by atoms with Crippen LogP contribution in [-0.4, -0.2) is 19.3 Å². The van der Waals surface area contributed by atoms with E-state index in [4.69, 9.17) is 9.47 Å². The van der Waals surface area contributed by atoms with E-state index >= 15 is 0 Å². The molecule has 88 valence electrons. The van der Waals surface area contributed by atoms with Gasteiger partial charge in [-0.1, -0.05) is 6.07 Å². The van der Waals surface area contributed by atoms with Crippen molar-refractivity contribution in [3.63, 3.8) is 0 Å². The van der Waals surface area contributed by atoms with Crippen molar-refractivity contribution in [2.24, 2.45) is 0 Å². The summed E-state index contributed by atoms with van der Waals surface area (Å²) in [4.78, 5) is 0. The number of epoxide rings is 1. The maximum atomic E-state index is 5.43. The van der Waals surface area contributed by atoms with Crippen LogP contribution in [0, 0.1) is 13.8 Å². The Hall–Kier alpha value is -1.02. The third kappa shape index (κ3) is 2.22. The van der Waals surface area contributed by atoms with E-state index in [2.05, 4.69) is 32.9 Å². The number of rotatable bonds is 4. The molecule has 2 rings (SSSR count). The van der Waals surface area contributed by atoms with Crippen LogP contribution >= 0.6 is 0 Å². The van der Waals surface area contributed by atoms with Gasteiger partial charge in [-0.25, -0.2) is 0 Å². The van der Waals surface area contributed by atoms with Crippen molar-refractivity contribution in [3.05, 3.63) is 28.8 Å². The van der Waals surface area contributed by atoms with Crippen LogP contribution in [0.4, 0.5) is 0 Å². The summed E-state index contributed by atoms with van der Waals surface area (Å²) in [5.41, 5.74) is 4.03. The lowest BCUT2D eigenvalue weighted by atomic mass is 9.98. The number of hydrogen-bond donors (Lipinski definition) is 0. The number of benzene rings is 1. The minimum atomic E-state index is 0.472. The Morgan fingerprint density at radius 2 is 1.94 bits per heavy atom. The Bertz CT molecular complexity index is 385. The summed E-state index contributed by atoms with van der Waals surface area (Å²) in [7, 11) is 1.72. The quantitative estimate of drug-likeness (QED) is 0.727. The zero-order valence-corrected chi connectivity index (χ0v) is 10.5. The van der Waals surface area contributed by atoms with E-state index in [9.17, 15) is 0 Å². The van der Waals surface area contributed by atoms with Gasteiger partial charge >= 0.3 is 0 Å². The minimum absolute atomic E-state index is 0.472. The SMILES string of the molecule is COc1ccc(CCC2OC2C)c(C)c1C. The average molecular weight is 220 g/mol. The van der Waals surface area contributed by atoms with Crippen LogP contribution in [0.15, 0.2) is 12.1 Å². The number of hydrogen-bond acceptors (Lipinski definition) is 2. The van der Waals surface area contributed by atoms with E-state index < -0.39 is 0 Å². The molecule has 2 heteroatoms. The van der Waals surface area contributed by atoms with E-state index in [0.717, 1.165) is 18.6 Å². The van der Waals surface area contributed by atoms with Crippen molar-refractivity contribution < 1.29 is 9.47 Å². The van der Waals surface area contributed by atoms with Crippen LogP contribution in [0.2, 0.25) is 0 Å². The third-order valence-corrected chi connectivity index (χ3v) is 3.60. The standard InChI is InChI=1S/C14H20O2/c1-9-10(2)13(15-4)7-5-12(9)6-8-14-11(3)16-14/h5,7,11,14H,6,8H2,1-4H3. The third-order valence-electron chi connectivity index (χ3n) is 3.60. The largest absolute Gasteiger partial charge is 0.496 e. The first kappa shape index (κ1) is 11.5. The highest BCUT2D eigenvalue weighted by atomic mass is 16.6. The van der Waals surface area contributed by atoms with E-state index in [0.29, 0.717) is 12.2 Å². The van der Waals surface area contributed by atoms with Crippen LogP contribution in [0.1, 0.15) is 30.0 Å². The zero-order valence-electron chi connectivity index (χ0n) is 10.5. The van der Waals surface area contributed by atoms with Gasteiger partial charge in [0.15, 0.2) is 0 Å². The zero-order chi connectivity index (χ0) is 11.7. The lowest BCUT2D eigenvalue weighted by Crippen LogP contribution is -1.99. The fourth-order valence-corrected chi connectivity index (χ4v) is 2.17. The fourth-order valence-electron chi connectivity index (χ4n) is 2.17. The second-order valence-electron chi connectivity index (χ2n) is 4.60. The van der Waals surface area contributed by atoms with Crippen LogP contribution in [0.5, 0.6) is 5.75 Å². The molecule has 2 atom stereocenters. The molecule has 0 radical (unpaired) electrons. The van der Waals surface area contributed by atoms with E-state index in [1.807, 2.05) is 0 Å². The Balaban J connectivity index is 2.06. The van der Waals surface area contributed by atoms with Gasteiger partial charge in [0.1, 0.15) is 5.75 Å². The van der Waals surface area contributed by atoms with E-state index in [-0.39, 0.29) is 0 Å². The molecule has 0 aliphatic carbocycles. The second-order valence-corrected chi connectivity index (χ2v) is 4.60. The molecule has 0 spiro atoms.